The number of methoxy groups -OCH3 is 2. The number of hydrogen-bond donors (Lipinski definition) is 4. The van der Waals surface area contributed by atoms with Crippen LogP contribution in [0.4, 0.5) is 9.59 Å². The highest BCUT2D eigenvalue weighted by Gasteiger charge is 2.13. The third-order valence-corrected chi connectivity index (χ3v) is 10.3. The Morgan fingerprint density at radius 3 is 2.23 bits per heavy atom. The minimum Gasteiger partial charge on any atom is -0.453 e. The van der Waals surface area contributed by atoms with E-state index in [-0.39, 0.29) is 54.1 Å². The summed E-state index contributed by atoms with van der Waals surface area (Å²) in [6.45, 7) is 0.433. The first-order chi connectivity index (χ1) is 21.3. The Morgan fingerprint density at radius 2 is 1.55 bits per heavy atom. The molecular formula is C28H26N6O6P2S2. The van der Waals surface area contributed by atoms with Crippen LogP contribution < -0.4 is 21.8 Å². The number of nitrogens with one attached hydrogen (secondary N) is 4. The number of hydrogen-bond acceptors (Lipinski definition) is 10. The van der Waals surface area contributed by atoms with Gasteiger partial charge in [-0.2, -0.15) is 0 Å². The van der Waals surface area contributed by atoms with Crippen molar-refractivity contribution in [3.63, 3.8) is 0 Å². The Balaban J connectivity index is 1.18. The number of ether oxygens (including phenoxy) is 2. The Hall–Kier alpha value is -4.14. The van der Waals surface area contributed by atoms with Gasteiger partial charge in [-0.1, -0.05) is 6.07 Å². The molecular weight excluding hydrogens is 642 g/mol. The molecule has 4 heterocycles. The van der Waals surface area contributed by atoms with Gasteiger partial charge in [0.2, 0.25) is 0 Å². The molecule has 0 spiro atoms. The van der Waals surface area contributed by atoms with E-state index >= 15 is 0 Å². The highest BCUT2D eigenvalue weighted by atomic mass is 32.1. The van der Waals surface area contributed by atoms with E-state index in [0.29, 0.717) is 16.8 Å². The van der Waals surface area contributed by atoms with Gasteiger partial charge in [0, 0.05) is 57.4 Å². The van der Waals surface area contributed by atoms with E-state index in [4.69, 9.17) is 0 Å². The highest BCUT2D eigenvalue weighted by Crippen LogP contribution is 2.38. The summed E-state index contributed by atoms with van der Waals surface area (Å²) in [6, 6.07) is 10.2. The van der Waals surface area contributed by atoms with Gasteiger partial charge < -0.3 is 30.1 Å². The fraction of sp³-hybridized carbons (Fsp3) is 0.214. The zero-order valence-electron chi connectivity index (χ0n) is 23.5. The van der Waals surface area contributed by atoms with Crippen LogP contribution in [0.25, 0.3) is 30.9 Å². The maximum atomic E-state index is 12.3. The lowest BCUT2D eigenvalue weighted by Gasteiger charge is -2.01. The van der Waals surface area contributed by atoms with Crippen molar-refractivity contribution >= 4 is 94.6 Å². The van der Waals surface area contributed by atoms with Crippen LogP contribution in [0.2, 0.25) is 0 Å². The largest absolute Gasteiger partial charge is 0.453 e. The quantitative estimate of drug-likeness (QED) is 0.122. The molecule has 5 aromatic rings. The molecule has 1 aromatic carbocycles. The molecule has 4 aromatic heterocycles. The molecule has 2 amide bonds. The summed E-state index contributed by atoms with van der Waals surface area (Å²) >= 11 is 3.27. The summed E-state index contributed by atoms with van der Waals surface area (Å²) in [4.78, 5) is 63.8. The van der Waals surface area contributed by atoms with Gasteiger partial charge in [-0.3, -0.25) is 9.59 Å². The first-order valence-corrected chi connectivity index (χ1v) is 16.8. The summed E-state index contributed by atoms with van der Waals surface area (Å²) in [5, 5.41) is 4.99. The predicted octanol–water partition coefficient (Wildman–Crippen LogP) is 3.78. The van der Waals surface area contributed by atoms with E-state index in [1.54, 1.807) is 28.9 Å². The monoisotopic (exact) mass is 668 g/mol. The van der Waals surface area contributed by atoms with Gasteiger partial charge in [0.25, 0.3) is 0 Å². The number of benzene rings is 1. The lowest BCUT2D eigenvalue weighted by Crippen LogP contribution is -2.25. The number of fused-ring (bicyclic) bond motifs is 2. The molecule has 0 radical (unpaired) electrons. The average molecular weight is 669 g/mol. The summed E-state index contributed by atoms with van der Waals surface area (Å²) in [5.74, 6) is 6.25. The zero-order valence-corrected chi connectivity index (χ0v) is 27.1. The van der Waals surface area contributed by atoms with Gasteiger partial charge in [0.15, 0.2) is 11.0 Å². The lowest BCUT2D eigenvalue weighted by atomic mass is 10.1. The second kappa shape index (κ2) is 14.6. The molecule has 2 atom stereocenters. The fourth-order valence-electron chi connectivity index (χ4n) is 3.93. The maximum Gasteiger partial charge on any atom is 0.406 e. The van der Waals surface area contributed by atoms with Crippen LogP contribution >= 0.6 is 39.8 Å². The number of carbonyl (C=O) groups is 4. The normalized spacial score (nSPS) is 11.3. The third-order valence-electron chi connectivity index (χ3n) is 6.00. The van der Waals surface area contributed by atoms with Gasteiger partial charge in [0.05, 0.1) is 36.3 Å². The molecule has 0 saturated carbocycles. The number of nitrogens with zero attached hydrogens (tertiary/aromatic N) is 2. The second-order valence-corrected chi connectivity index (χ2v) is 13.8. The maximum absolute atomic E-state index is 12.3. The standard InChI is InChI=1S/C28H26N6O6P2S2/c1-39-27(37)29-9-7-23(35)41-25-31-14-16(32-25)4-5-17-12-21-22(43-17)13-20(44-21)15-3-6-18-19(11-15)34-26(33-18)42-24(36)8-10-30-28(38)40-2/h3,6,11-14,41-42H,7-10H2,1-2H3,(H,29,37)(H,30,38)(H,31,32)(H,33,34). The highest BCUT2D eigenvalue weighted by molar-refractivity contribution is 7.65. The van der Waals surface area contributed by atoms with Crippen molar-refractivity contribution in [1.82, 2.24) is 30.6 Å². The minimum atomic E-state index is -0.567. The molecule has 0 saturated heterocycles. The van der Waals surface area contributed by atoms with Crippen molar-refractivity contribution in [2.75, 3.05) is 27.3 Å². The minimum absolute atomic E-state index is 0.0108. The number of carbonyl (C=O) groups excluding carboxylic acids is 4. The SMILES string of the molecule is COC(=O)NCCC(=O)Pc1ncc(C#Cc2cc3sc(-c4ccc5nc(PC(=O)CCNC(=O)OC)[nH]c5c4)cc3s2)[nH]1. The predicted molar refractivity (Wildman–Crippen MR) is 175 cm³/mol. The number of amides is 2. The molecule has 5 rings (SSSR count). The number of imidazole rings is 2. The molecule has 0 aliphatic heterocycles. The van der Waals surface area contributed by atoms with Gasteiger partial charge in [0.1, 0.15) is 16.8 Å². The van der Waals surface area contributed by atoms with E-state index in [1.807, 2.05) is 18.2 Å². The van der Waals surface area contributed by atoms with Crippen LogP contribution in [0.15, 0.2) is 36.5 Å². The van der Waals surface area contributed by atoms with Crippen molar-refractivity contribution in [3.05, 3.63) is 47.1 Å². The summed E-state index contributed by atoms with van der Waals surface area (Å²) < 4.78 is 11.2. The molecule has 4 N–H and O–H groups in total. The number of aromatic amines is 2. The van der Waals surface area contributed by atoms with Crippen LogP contribution in [-0.2, 0) is 19.1 Å². The Morgan fingerprint density at radius 1 is 0.864 bits per heavy atom. The van der Waals surface area contributed by atoms with Crippen molar-refractivity contribution in [3.8, 4) is 22.3 Å². The van der Waals surface area contributed by atoms with Gasteiger partial charge in [-0.15, -0.1) is 22.7 Å². The zero-order chi connectivity index (χ0) is 31.1. The van der Waals surface area contributed by atoms with E-state index in [2.05, 4.69) is 64.0 Å². The summed E-state index contributed by atoms with van der Waals surface area (Å²) in [7, 11) is 2.27. The Labute approximate surface area is 262 Å². The molecule has 0 bridgehead atoms. The van der Waals surface area contributed by atoms with E-state index in [9.17, 15) is 19.2 Å². The Kier molecular flexibility index (Phi) is 10.4. The molecule has 44 heavy (non-hydrogen) atoms. The van der Waals surface area contributed by atoms with Crippen molar-refractivity contribution in [1.29, 1.82) is 0 Å². The van der Waals surface area contributed by atoms with Gasteiger partial charge in [-0.05, 0) is 41.7 Å². The van der Waals surface area contributed by atoms with E-state index in [1.165, 1.54) is 14.2 Å². The molecule has 0 fully saturated rings. The number of H-pyrrole nitrogens is 2. The second-order valence-electron chi connectivity index (χ2n) is 9.10. The van der Waals surface area contributed by atoms with Crippen LogP contribution in [0.5, 0.6) is 0 Å². The first kappa shape index (κ1) is 31.3. The number of aromatic nitrogens is 4. The molecule has 0 aliphatic carbocycles. The fourth-order valence-corrected chi connectivity index (χ4v) is 7.90. The van der Waals surface area contributed by atoms with Crippen molar-refractivity contribution < 1.29 is 28.7 Å². The summed E-state index contributed by atoms with van der Waals surface area (Å²) in [5.41, 5.74) is 4.43. The Bertz CT molecular complexity index is 1890. The average Bonchev–Trinajstić information content (AvgIpc) is 3.78. The van der Waals surface area contributed by atoms with Crippen molar-refractivity contribution in [2.24, 2.45) is 0 Å². The van der Waals surface area contributed by atoms with Crippen LogP contribution in [0, 0.1) is 11.8 Å². The van der Waals surface area contributed by atoms with Gasteiger partial charge in [-0.25, -0.2) is 19.6 Å². The molecule has 2 unspecified atom stereocenters. The first-order valence-electron chi connectivity index (χ1n) is 13.1. The number of thiophene rings is 2. The topological polar surface area (TPSA) is 168 Å². The van der Waals surface area contributed by atoms with E-state index < -0.39 is 12.2 Å². The van der Waals surface area contributed by atoms with Crippen LogP contribution in [0.3, 0.4) is 0 Å². The number of alkyl carbamates (subject to hydrolysis) is 2. The molecule has 226 valence electrons. The molecule has 16 heteroatoms. The number of rotatable bonds is 11. The van der Waals surface area contributed by atoms with E-state index in [0.717, 1.165) is 35.8 Å². The van der Waals surface area contributed by atoms with Crippen LogP contribution in [-0.4, -0.2) is 70.5 Å². The molecule has 0 aliphatic rings. The lowest BCUT2D eigenvalue weighted by molar-refractivity contribution is -0.111. The third kappa shape index (κ3) is 8.27. The van der Waals surface area contributed by atoms with Gasteiger partial charge >= 0.3 is 12.2 Å². The molecule has 12 nitrogen and oxygen atoms in total. The smallest absolute Gasteiger partial charge is 0.406 e. The van der Waals surface area contributed by atoms with Crippen molar-refractivity contribution in [2.45, 2.75) is 12.8 Å². The summed E-state index contributed by atoms with van der Waals surface area (Å²) in [6.07, 6.45) is 0.883. The van der Waals surface area contributed by atoms with Crippen LogP contribution in [0.1, 0.15) is 23.4 Å².